The highest BCUT2D eigenvalue weighted by molar-refractivity contribution is 7.15. The highest BCUT2D eigenvalue weighted by Gasteiger charge is 2.23. The van der Waals surface area contributed by atoms with E-state index in [9.17, 15) is 0 Å². The maximum atomic E-state index is 5.77. The Hall–Kier alpha value is -2.99. The molecule has 128 valence electrons. The Morgan fingerprint density at radius 1 is 1.08 bits per heavy atom. The van der Waals surface area contributed by atoms with Gasteiger partial charge in [-0.2, -0.15) is 0 Å². The average Bonchev–Trinajstić information content (AvgIpc) is 3.38. The fraction of sp³-hybridized carbons (Fsp3) is 0.150. The fourth-order valence-corrected chi connectivity index (χ4v) is 4.29. The minimum Gasteiger partial charge on any atom is -0.492 e. The molecule has 0 saturated carbocycles. The van der Waals surface area contributed by atoms with Crippen molar-refractivity contribution >= 4 is 11.3 Å². The Kier molecular flexibility index (Phi) is 3.75. The molecule has 5 rings (SSSR count). The van der Waals surface area contributed by atoms with Gasteiger partial charge in [-0.25, -0.2) is 9.67 Å². The molecule has 1 aliphatic carbocycles. The predicted molar refractivity (Wildman–Crippen MR) is 101 cm³/mol. The lowest BCUT2D eigenvalue weighted by molar-refractivity contribution is 0.290. The van der Waals surface area contributed by atoms with Gasteiger partial charge in [0.15, 0.2) is 0 Å². The maximum Gasteiger partial charge on any atom is 0.124 e. The molecule has 0 unspecified atom stereocenters. The molecule has 0 radical (unpaired) electrons. The molecule has 0 N–H and O–H groups in total. The zero-order chi connectivity index (χ0) is 17.3. The van der Waals surface area contributed by atoms with Gasteiger partial charge >= 0.3 is 0 Å². The van der Waals surface area contributed by atoms with Gasteiger partial charge in [0.25, 0.3) is 0 Å². The monoisotopic (exact) mass is 360 g/mol. The van der Waals surface area contributed by atoms with E-state index in [1.165, 1.54) is 16.0 Å². The number of benzene rings is 2. The topological polar surface area (TPSA) is 52.8 Å². The molecule has 1 aliphatic rings. The minimum atomic E-state index is 0.561. The lowest BCUT2D eigenvalue weighted by atomic mass is 10.1. The van der Waals surface area contributed by atoms with E-state index in [0.29, 0.717) is 13.2 Å². The van der Waals surface area contributed by atoms with Gasteiger partial charge in [0.1, 0.15) is 17.4 Å². The van der Waals surface area contributed by atoms with Gasteiger partial charge in [0.05, 0.1) is 18.4 Å². The summed E-state index contributed by atoms with van der Waals surface area (Å²) in [5.41, 5.74) is 4.93. The number of fused-ring (bicyclic) bond motifs is 3. The van der Waals surface area contributed by atoms with E-state index in [0.717, 1.165) is 28.4 Å². The van der Waals surface area contributed by atoms with E-state index in [1.807, 2.05) is 18.3 Å². The van der Waals surface area contributed by atoms with Crippen LogP contribution in [0.4, 0.5) is 0 Å². The fourth-order valence-electron chi connectivity index (χ4n) is 3.19. The summed E-state index contributed by atoms with van der Waals surface area (Å²) in [4.78, 5) is 6.24. The van der Waals surface area contributed by atoms with E-state index >= 15 is 0 Å². The number of hydrogen-bond donors (Lipinski definition) is 0. The van der Waals surface area contributed by atoms with Crippen LogP contribution in [0.25, 0.3) is 21.8 Å². The van der Waals surface area contributed by atoms with Crippen molar-refractivity contribution in [1.29, 1.82) is 0 Å². The van der Waals surface area contributed by atoms with Crippen LogP contribution >= 0.6 is 11.3 Å². The van der Waals surface area contributed by atoms with Crippen LogP contribution in [-0.2, 0) is 13.0 Å². The van der Waals surface area contributed by atoms with Gasteiger partial charge in [-0.05, 0) is 29.8 Å². The van der Waals surface area contributed by atoms with Crippen LogP contribution in [0, 0.1) is 0 Å². The summed E-state index contributed by atoms with van der Waals surface area (Å²) in [6.45, 7) is 1.24. The Balaban J connectivity index is 1.30. The van der Waals surface area contributed by atoms with Crippen molar-refractivity contribution in [2.24, 2.45) is 0 Å². The Morgan fingerprint density at radius 3 is 2.81 bits per heavy atom. The van der Waals surface area contributed by atoms with Crippen LogP contribution in [0.3, 0.4) is 0 Å². The molecule has 5 nitrogen and oxygen atoms in total. The number of aromatic nitrogens is 4. The summed E-state index contributed by atoms with van der Waals surface area (Å²) in [5.74, 6) is 0.850. The second kappa shape index (κ2) is 6.38. The maximum absolute atomic E-state index is 5.77. The van der Waals surface area contributed by atoms with Crippen molar-refractivity contribution in [2.45, 2.75) is 13.0 Å². The molecule has 2 heterocycles. The lowest BCUT2D eigenvalue weighted by Gasteiger charge is -2.06. The van der Waals surface area contributed by atoms with Gasteiger partial charge < -0.3 is 4.74 Å². The van der Waals surface area contributed by atoms with Crippen molar-refractivity contribution in [3.63, 3.8) is 0 Å². The van der Waals surface area contributed by atoms with E-state index in [-0.39, 0.29) is 0 Å². The summed E-state index contributed by atoms with van der Waals surface area (Å²) in [6.07, 6.45) is 4.48. The van der Waals surface area contributed by atoms with Gasteiger partial charge in [0.2, 0.25) is 0 Å². The number of nitrogens with zero attached hydrogens (tertiary/aromatic N) is 4. The van der Waals surface area contributed by atoms with Crippen LogP contribution in [-0.4, -0.2) is 26.6 Å². The second-order valence-electron chi connectivity index (χ2n) is 6.16. The summed E-state index contributed by atoms with van der Waals surface area (Å²) in [7, 11) is 0. The Morgan fingerprint density at radius 2 is 1.96 bits per heavy atom. The number of rotatable bonds is 5. The normalized spacial score (nSPS) is 12.0. The third-order valence-corrected chi connectivity index (χ3v) is 5.59. The van der Waals surface area contributed by atoms with E-state index < -0.39 is 0 Å². The molecule has 4 aromatic rings. The van der Waals surface area contributed by atoms with E-state index in [2.05, 4.69) is 46.7 Å². The van der Waals surface area contributed by atoms with Crippen molar-refractivity contribution < 1.29 is 4.74 Å². The van der Waals surface area contributed by atoms with Crippen LogP contribution in [0.2, 0.25) is 0 Å². The largest absolute Gasteiger partial charge is 0.492 e. The first-order valence-electron chi connectivity index (χ1n) is 8.52. The molecule has 0 saturated heterocycles. The third-order valence-electron chi connectivity index (χ3n) is 4.48. The third kappa shape index (κ3) is 2.78. The van der Waals surface area contributed by atoms with E-state index in [1.54, 1.807) is 22.2 Å². The van der Waals surface area contributed by atoms with Crippen molar-refractivity contribution in [3.05, 3.63) is 71.4 Å². The summed E-state index contributed by atoms with van der Waals surface area (Å²) in [5, 5.41) is 8.77. The van der Waals surface area contributed by atoms with Gasteiger partial charge in [-0.1, -0.05) is 29.5 Å². The number of hydrogen-bond acceptors (Lipinski definition) is 5. The summed E-state index contributed by atoms with van der Waals surface area (Å²) >= 11 is 1.78. The van der Waals surface area contributed by atoms with Crippen LogP contribution in [0.15, 0.2) is 60.9 Å². The summed E-state index contributed by atoms with van der Waals surface area (Å²) in [6, 6.07) is 16.7. The zero-order valence-corrected chi connectivity index (χ0v) is 14.8. The molecule has 6 heteroatoms. The molecule has 0 bridgehead atoms. The van der Waals surface area contributed by atoms with Crippen molar-refractivity contribution in [3.8, 4) is 27.6 Å². The molecule has 0 aliphatic heterocycles. The van der Waals surface area contributed by atoms with Gasteiger partial charge in [0, 0.05) is 28.6 Å². The van der Waals surface area contributed by atoms with Crippen molar-refractivity contribution in [2.75, 3.05) is 6.61 Å². The molecule has 2 aromatic heterocycles. The second-order valence-corrected chi connectivity index (χ2v) is 7.25. The Bertz CT molecular complexity index is 1040. The van der Waals surface area contributed by atoms with Gasteiger partial charge in [-0.15, -0.1) is 16.4 Å². The zero-order valence-electron chi connectivity index (χ0n) is 14.0. The molecule has 0 amide bonds. The molecule has 0 atom stereocenters. The first-order valence-corrected chi connectivity index (χ1v) is 9.34. The quantitative estimate of drug-likeness (QED) is 0.474. The Labute approximate surface area is 154 Å². The smallest absolute Gasteiger partial charge is 0.124 e. The van der Waals surface area contributed by atoms with Crippen LogP contribution in [0.5, 0.6) is 5.75 Å². The standard InChI is InChI=1S/C20H16N4OS/c1-2-4-17-15(3-1)13-18-19(17)22-20(26-18)14-5-7-16(8-6-14)25-12-11-24-10-9-21-23-24/h1-10H,11-13H2. The minimum absolute atomic E-state index is 0.561. The summed E-state index contributed by atoms with van der Waals surface area (Å²) < 4.78 is 7.53. The van der Waals surface area contributed by atoms with E-state index in [4.69, 9.17) is 9.72 Å². The van der Waals surface area contributed by atoms with Crippen LogP contribution in [0.1, 0.15) is 10.4 Å². The highest BCUT2D eigenvalue weighted by Crippen LogP contribution is 2.42. The number of ether oxygens (including phenoxy) is 1. The molecule has 26 heavy (non-hydrogen) atoms. The SMILES string of the molecule is c1ccc2c(c1)Cc1sc(-c3ccc(OCCn4ccnn4)cc3)nc1-2. The first-order chi connectivity index (χ1) is 12.9. The van der Waals surface area contributed by atoms with Crippen molar-refractivity contribution in [1.82, 2.24) is 20.0 Å². The average molecular weight is 360 g/mol. The molecule has 0 spiro atoms. The predicted octanol–water partition coefficient (Wildman–Crippen LogP) is 4.05. The van der Waals surface area contributed by atoms with Gasteiger partial charge in [-0.3, -0.25) is 0 Å². The van der Waals surface area contributed by atoms with Crippen LogP contribution < -0.4 is 4.74 Å². The number of thiazole rings is 1. The molecular formula is C20H16N4OS. The lowest BCUT2D eigenvalue weighted by Crippen LogP contribution is -2.08. The first kappa shape index (κ1) is 15.3. The molecule has 0 fully saturated rings. The molecule has 2 aromatic carbocycles. The molecular weight excluding hydrogens is 344 g/mol. The highest BCUT2D eigenvalue weighted by atomic mass is 32.1.